The van der Waals surface area contributed by atoms with Crippen LogP contribution in [-0.2, 0) is 14.2 Å². The van der Waals surface area contributed by atoms with Crippen molar-refractivity contribution in [1.29, 1.82) is 0 Å². The summed E-state index contributed by atoms with van der Waals surface area (Å²) in [7, 11) is 3.48. The van der Waals surface area contributed by atoms with Gasteiger partial charge in [-0.05, 0) is 19.4 Å². The van der Waals surface area contributed by atoms with Gasteiger partial charge in [0.15, 0.2) is 0 Å². The summed E-state index contributed by atoms with van der Waals surface area (Å²) in [5.74, 6) is 0. The fourth-order valence-corrected chi connectivity index (χ4v) is 2.10. The molecule has 0 aromatic rings. The fraction of sp³-hybridized carbons (Fsp3) is 1.00. The van der Waals surface area contributed by atoms with Gasteiger partial charge in [-0.2, -0.15) is 0 Å². The molecule has 0 amide bonds. The zero-order valence-electron chi connectivity index (χ0n) is 11.0. The molecule has 3 N–H and O–H groups in total. The van der Waals surface area contributed by atoms with Gasteiger partial charge in [-0.3, -0.25) is 0 Å². The molecule has 102 valence electrons. The molecule has 0 spiro atoms. The molecule has 1 aliphatic rings. The summed E-state index contributed by atoms with van der Waals surface area (Å²) in [5.41, 5.74) is 5.37. The highest BCUT2D eigenvalue weighted by molar-refractivity contribution is 4.88. The molecule has 1 fully saturated rings. The third kappa shape index (κ3) is 4.89. The molecule has 0 radical (unpaired) electrons. The quantitative estimate of drug-likeness (QED) is 0.605. The van der Waals surface area contributed by atoms with Crippen molar-refractivity contribution in [3.05, 3.63) is 0 Å². The van der Waals surface area contributed by atoms with Crippen LogP contribution in [0, 0.1) is 0 Å². The number of ether oxygens (including phenoxy) is 3. The van der Waals surface area contributed by atoms with E-state index in [0.29, 0.717) is 19.3 Å². The Kier molecular flexibility index (Phi) is 6.99. The zero-order chi connectivity index (χ0) is 12.6. The predicted molar refractivity (Wildman–Crippen MR) is 67.1 cm³/mol. The smallest absolute Gasteiger partial charge is 0.106 e. The highest BCUT2D eigenvalue weighted by Gasteiger charge is 2.35. The van der Waals surface area contributed by atoms with Gasteiger partial charge < -0.3 is 25.3 Å². The Morgan fingerprint density at radius 2 is 2.29 bits per heavy atom. The average Bonchev–Trinajstić information content (AvgIpc) is 2.82. The normalized spacial score (nSPS) is 26.3. The second-order valence-corrected chi connectivity index (χ2v) is 4.65. The van der Waals surface area contributed by atoms with Gasteiger partial charge in [0.05, 0.1) is 13.2 Å². The fourth-order valence-electron chi connectivity index (χ4n) is 2.10. The topological polar surface area (TPSA) is 65.7 Å². The average molecular weight is 246 g/mol. The van der Waals surface area contributed by atoms with Gasteiger partial charge in [-0.1, -0.05) is 0 Å². The van der Waals surface area contributed by atoms with Gasteiger partial charge in [-0.15, -0.1) is 0 Å². The lowest BCUT2D eigenvalue weighted by molar-refractivity contribution is -0.0193. The lowest BCUT2D eigenvalue weighted by atomic mass is 10.0. The minimum atomic E-state index is -0.158. The van der Waals surface area contributed by atoms with Crippen LogP contribution >= 0.6 is 0 Å². The Balaban J connectivity index is 2.33. The van der Waals surface area contributed by atoms with E-state index in [4.69, 9.17) is 19.9 Å². The number of methoxy groups -OCH3 is 2. The van der Waals surface area contributed by atoms with E-state index in [1.165, 1.54) is 0 Å². The third-order valence-corrected chi connectivity index (χ3v) is 3.34. The van der Waals surface area contributed by atoms with Crippen LogP contribution in [-0.4, -0.2) is 58.8 Å². The van der Waals surface area contributed by atoms with Gasteiger partial charge >= 0.3 is 0 Å². The highest BCUT2D eigenvalue weighted by atomic mass is 16.5. The molecular formula is C12H26N2O3. The second kappa shape index (κ2) is 8.00. The summed E-state index contributed by atoms with van der Waals surface area (Å²) in [6, 6.07) is 0.344. The maximum Gasteiger partial charge on any atom is 0.106 e. The molecule has 1 rings (SSSR count). The van der Waals surface area contributed by atoms with Gasteiger partial charge in [-0.25, -0.2) is 0 Å². The molecule has 2 unspecified atom stereocenters. The lowest BCUT2D eigenvalue weighted by Gasteiger charge is -2.29. The van der Waals surface area contributed by atoms with E-state index in [1.54, 1.807) is 14.2 Å². The Morgan fingerprint density at radius 3 is 2.82 bits per heavy atom. The molecule has 0 aromatic heterocycles. The van der Waals surface area contributed by atoms with Crippen molar-refractivity contribution in [1.82, 2.24) is 5.32 Å². The largest absolute Gasteiger partial charge is 0.383 e. The molecule has 5 nitrogen and oxygen atoms in total. The molecule has 1 aliphatic heterocycles. The van der Waals surface area contributed by atoms with Gasteiger partial charge in [0, 0.05) is 39.8 Å². The Bertz CT molecular complexity index is 196. The number of nitrogens with two attached hydrogens (primary N) is 1. The third-order valence-electron chi connectivity index (χ3n) is 3.34. The predicted octanol–water partition coefficient (Wildman–Crippen LogP) is 0.135. The Hall–Kier alpha value is -0.200. The first-order valence-corrected chi connectivity index (χ1v) is 6.31. The van der Waals surface area contributed by atoms with Crippen LogP contribution in [0.2, 0.25) is 0 Å². The molecule has 0 saturated carbocycles. The van der Waals surface area contributed by atoms with E-state index in [0.717, 1.165) is 39.0 Å². The zero-order valence-corrected chi connectivity index (χ0v) is 11.0. The van der Waals surface area contributed by atoms with Crippen LogP contribution in [0.25, 0.3) is 0 Å². The molecule has 2 atom stereocenters. The van der Waals surface area contributed by atoms with Gasteiger partial charge in [0.1, 0.15) is 5.60 Å². The van der Waals surface area contributed by atoms with Crippen molar-refractivity contribution >= 4 is 0 Å². The standard InChI is InChI=1S/C12H26N2O3/c1-15-8-11(4-3-6-13)14-9-12(16-2)5-7-17-10-12/h11,14H,3-10,13H2,1-2H3. The maximum atomic E-state index is 5.58. The van der Waals surface area contributed by atoms with Crippen LogP contribution in [0.1, 0.15) is 19.3 Å². The summed E-state index contributed by atoms with van der Waals surface area (Å²) in [6.45, 7) is 3.70. The summed E-state index contributed by atoms with van der Waals surface area (Å²) in [5, 5.41) is 3.50. The van der Waals surface area contributed by atoms with E-state index in [2.05, 4.69) is 5.32 Å². The first-order valence-electron chi connectivity index (χ1n) is 6.31. The number of nitrogens with one attached hydrogen (secondary N) is 1. The Morgan fingerprint density at radius 1 is 1.47 bits per heavy atom. The Labute approximate surface area is 104 Å². The lowest BCUT2D eigenvalue weighted by Crippen LogP contribution is -2.47. The van der Waals surface area contributed by atoms with Crippen molar-refractivity contribution in [2.24, 2.45) is 5.73 Å². The summed E-state index contributed by atoms with van der Waals surface area (Å²) in [4.78, 5) is 0. The van der Waals surface area contributed by atoms with Crippen LogP contribution in [0.5, 0.6) is 0 Å². The van der Waals surface area contributed by atoms with Crippen LogP contribution in [0.3, 0.4) is 0 Å². The van der Waals surface area contributed by atoms with Crippen LogP contribution in [0.15, 0.2) is 0 Å². The number of rotatable bonds is 9. The van der Waals surface area contributed by atoms with Crippen molar-refractivity contribution in [3.8, 4) is 0 Å². The van der Waals surface area contributed by atoms with E-state index < -0.39 is 0 Å². The summed E-state index contributed by atoms with van der Waals surface area (Å²) in [6.07, 6.45) is 3.00. The van der Waals surface area contributed by atoms with Crippen molar-refractivity contribution in [2.75, 3.05) is 47.1 Å². The summed E-state index contributed by atoms with van der Waals surface area (Å²) < 4.78 is 16.2. The monoisotopic (exact) mass is 246 g/mol. The van der Waals surface area contributed by atoms with E-state index in [9.17, 15) is 0 Å². The number of hydrogen-bond donors (Lipinski definition) is 2. The summed E-state index contributed by atoms with van der Waals surface area (Å²) >= 11 is 0. The van der Waals surface area contributed by atoms with Crippen LogP contribution < -0.4 is 11.1 Å². The van der Waals surface area contributed by atoms with Gasteiger partial charge in [0.2, 0.25) is 0 Å². The molecule has 17 heavy (non-hydrogen) atoms. The minimum absolute atomic E-state index is 0.158. The van der Waals surface area contributed by atoms with Crippen LogP contribution in [0.4, 0.5) is 0 Å². The second-order valence-electron chi connectivity index (χ2n) is 4.65. The van der Waals surface area contributed by atoms with Crippen molar-refractivity contribution in [2.45, 2.75) is 30.9 Å². The first kappa shape index (κ1) is 14.9. The van der Waals surface area contributed by atoms with E-state index in [1.807, 2.05) is 0 Å². The molecule has 1 saturated heterocycles. The first-order chi connectivity index (χ1) is 8.26. The SMILES string of the molecule is COCC(CCCN)NCC1(OC)CCOC1. The highest BCUT2D eigenvalue weighted by Crippen LogP contribution is 2.21. The van der Waals surface area contributed by atoms with E-state index >= 15 is 0 Å². The molecule has 1 heterocycles. The molecule has 0 aromatic carbocycles. The maximum absolute atomic E-state index is 5.58. The van der Waals surface area contributed by atoms with E-state index in [-0.39, 0.29) is 5.60 Å². The van der Waals surface area contributed by atoms with Gasteiger partial charge in [0.25, 0.3) is 0 Å². The minimum Gasteiger partial charge on any atom is -0.383 e. The molecule has 0 aliphatic carbocycles. The van der Waals surface area contributed by atoms with Crippen molar-refractivity contribution in [3.63, 3.8) is 0 Å². The molecule has 0 bridgehead atoms. The number of hydrogen-bond acceptors (Lipinski definition) is 5. The molecular weight excluding hydrogens is 220 g/mol. The molecule has 5 heteroatoms. The van der Waals surface area contributed by atoms with Crippen molar-refractivity contribution < 1.29 is 14.2 Å².